The van der Waals surface area contributed by atoms with Crippen LogP contribution in [0.25, 0.3) is 0 Å². The van der Waals surface area contributed by atoms with Crippen LogP contribution in [0.1, 0.15) is 40.5 Å². The number of hydrogen-bond donors (Lipinski definition) is 0. The summed E-state index contributed by atoms with van der Waals surface area (Å²) < 4.78 is 5.11. The van der Waals surface area contributed by atoms with Gasteiger partial charge in [-0.2, -0.15) is 0 Å². The lowest BCUT2D eigenvalue weighted by atomic mass is 10.00. The molecule has 0 unspecified atom stereocenters. The predicted octanol–water partition coefficient (Wildman–Crippen LogP) is 2.37. The molecule has 0 bridgehead atoms. The molecule has 2 heteroatoms. The monoisotopic (exact) mass is 158 g/mol. The van der Waals surface area contributed by atoms with Gasteiger partial charge in [-0.3, -0.25) is 4.79 Å². The molecule has 0 saturated heterocycles. The van der Waals surface area contributed by atoms with Crippen LogP contribution in [0.15, 0.2) is 0 Å². The highest BCUT2D eigenvalue weighted by Gasteiger charge is 2.15. The van der Waals surface area contributed by atoms with Gasteiger partial charge in [0.1, 0.15) is 6.10 Å². The van der Waals surface area contributed by atoms with Gasteiger partial charge in [-0.15, -0.1) is 0 Å². The van der Waals surface area contributed by atoms with Crippen LogP contribution in [-0.2, 0) is 9.53 Å². The Morgan fingerprint density at radius 3 is 2.18 bits per heavy atom. The van der Waals surface area contributed by atoms with Crippen LogP contribution in [-0.4, -0.2) is 12.1 Å². The molecule has 0 aromatic rings. The first-order chi connectivity index (χ1) is 5.11. The van der Waals surface area contributed by atoms with Gasteiger partial charge in [0.2, 0.25) is 0 Å². The Morgan fingerprint density at radius 1 is 1.36 bits per heavy atom. The fourth-order valence-corrected chi connectivity index (χ4v) is 1.08. The molecule has 0 aliphatic heterocycles. The van der Waals surface area contributed by atoms with Crippen molar-refractivity contribution in [2.45, 2.75) is 46.6 Å². The second kappa shape index (κ2) is 5.16. The van der Waals surface area contributed by atoms with Crippen molar-refractivity contribution in [3.63, 3.8) is 0 Å². The third-order valence-electron chi connectivity index (χ3n) is 2.00. The lowest BCUT2D eigenvalue weighted by molar-refractivity contribution is -0.149. The average molecular weight is 158 g/mol. The highest BCUT2D eigenvalue weighted by molar-refractivity contribution is 5.66. The molecule has 2 atom stereocenters. The van der Waals surface area contributed by atoms with Gasteiger partial charge in [0.25, 0.3) is 0 Å². The quantitative estimate of drug-likeness (QED) is 0.587. The standard InChI is InChI=1S/C9H18O2/c1-5-7(3)9(6-2)11-8(4)10/h7,9H,5-6H2,1-4H3/t7-,9+/m0/s1. The summed E-state index contributed by atoms with van der Waals surface area (Å²) >= 11 is 0. The molecule has 0 aliphatic carbocycles. The Kier molecular flexibility index (Phi) is 4.92. The van der Waals surface area contributed by atoms with Gasteiger partial charge >= 0.3 is 5.97 Å². The van der Waals surface area contributed by atoms with Crippen LogP contribution < -0.4 is 0 Å². The molecule has 11 heavy (non-hydrogen) atoms. The van der Waals surface area contributed by atoms with Gasteiger partial charge in [0.05, 0.1) is 0 Å². The molecule has 0 spiro atoms. The highest BCUT2D eigenvalue weighted by Crippen LogP contribution is 2.14. The van der Waals surface area contributed by atoms with E-state index in [-0.39, 0.29) is 12.1 Å². The normalized spacial score (nSPS) is 15.6. The highest BCUT2D eigenvalue weighted by atomic mass is 16.5. The largest absolute Gasteiger partial charge is 0.462 e. The van der Waals surface area contributed by atoms with E-state index in [9.17, 15) is 4.79 Å². The lowest BCUT2D eigenvalue weighted by Crippen LogP contribution is -2.22. The molecule has 0 aromatic heterocycles. The molecule has 0 aliphatic rings. The molecule has 0 heterocycles. The molecule has 2 nitrogen and oxygen atoms in total. The number of rotatable bonds is 4. The fraction of sp³-hybridized carbons (Fsp3) is 0.889. The van der Waals surface area contributed by atoms with E-state index in [4.69, 9.17) is 4.74 Å². The second-order valence-corrected chi connectivity index (χ2v) is 2.94. The van der Waals surface area contributed by atoms with Crippen molar-refractivity contribution in [3.05, 3.63) is 0 Å². The Labute approximate surface area is 68.9 Å². The van der Waals surface area contributed by atoms with Crippen LogP contribution in [0, 0.1) is 5.92 Å². The lowest BCUT2D eigenvalue weighted by Gasteiger charge is -2.20. The van der Waals surface area contributed by atoms with E-state index in [0.717, 1.165) is 12.8 Å². The van der Waals surface area contributed by atoms with Crippen molar-refractivity contribution in [1.82, 2.24) is 0 Å². The van der Waals surface area contributed by atoms with E-state index in [1.54, 1.807) is 0 Å². The first kappa shape index (κ1) is 10.5. The summed E-state index contributed by atoms with van der Waals surface area (Å²) in [5, 5.41) is 0. The van der Waals surface area contributed by atoms with E-state index < -0.39 is 0 Å². The van der Waals surface area contributed by atoms with Crippen molar-refractivity contribution in [1.29, 1.82) is 0 Å². The van der Waals surface area contributed by atoms with Crippen molar-refractivity contribution < 1.29 is 9.53 Å². The van der Waals surface area contributed by atoms with Crippen LogP contribution in [0.5, 0.6) is 0 Å². The smallest absolute Gasteiger partial charge is 0.302 e. The summed E-state index contributed by atoms with van der Waals surface area (Å²) in [6.45, 7) is 7.72. The SMILES string of the molecule is CC[C@H](C)[C@@H](CC)OC(C)=O. The van der Waals surface area contributed by atoms with Crippen molar-refractivity contribution in [2.24, 2.45) is 5.92 Å². The second-order valence-electron chi connectivity index (χ2n) is 2.94. The number of carbonyl (C=O) groups is 1. The molecule has 0 saturated carbocycles. The molecule has 0 fully saturated rings. The summed E-state index contributed by atoms with van der Waals surface area (Å²) in [4.78, 5) is 10.6. The van der Waals surface area contributed by atoms with Crippen molar-refractivity contribution >= 4 is 5.97 Å². The van der Waals surface area contributed by atoms with E-state index in [1.165, 1.54) is 6.92 Å². The Morgan fingerprint density at radius 2 is 1.91 bits per heavy atom. The Hall–Kier alpha value is -0.530. The topological polar surface area (TPSA) is 26.3 Å². The molecule has 0 N–H and O–H groups in total. The Bertz CT molecular complexity index is 121. The summed E-state index contributed by atoms with van der Waals surface area (Å²) in [6, 6.07) is 0. The number of esters is 1. The Balaban J connectivity index is 3.84. The van der Waals surface area contributed by atoms with Crippen LogP contribution in [0.2, 0.25) is 0 Å². The molecule has 0 rings (SSSR count). The molecule has 0 amide bonds. The zero-order valence-electron chi connectivity index (χ0n) is 7.89. The van der Waals surface area contributed by atoms with Gasteiger partial charge < -0.3 is 4.74 Å². The summed E-state index contributed by atoms with van der Waals surface area (Å²) in [7, 11) is 0. The molecule has 0 aromatic carbocycles. The zero-order valence-corrected chi connectivity index (χ0v) is 7.89. The van der Waals surface area contributed by atoms with Crippen LogP contribution in [0.3, 0.4) is 0 Å². The maximum absolute atomic E-state index is 10.6. The molecule has 66 valence electrons. The average Bonchev–Trinajstić information content (AvgIpc) is 1.98. The first-order valence-corrected chi connectivity index (χ1v) is 4.29. The number of ether oxygens (including phenoxy) is 1. The number of hydrogen-bond acceptors (Lipinski definition) is 2. The van der Waals surface area contributed by atoms with Gasteiger partial charge in [0.15, 0.2) is 0 Å². The van der Waals surface area contributed by atoms with Gasteiger partial charge in [-0.05, 0) is 12.3 Å². The summed E-state index contributed by atoms with van der Waals surface area (Å²) in [5.41, 5.74) is 0. The summed E-state index contributed by atoms with van der Waals surface area (Å²) in [5.74, 6) is 0.307. The van der Waals surface area contributed by atoms with Gasteiger partial charge in [-0.25, -0.2) is 0 Å². The van der Waals surface area contributed by atoms with E-state index in [1.807, 2.05) is 6.92 Å². The van der Waals surface area contributed by atoms with Crippen molar-refractivity contribution in [3.8, 4) is 0 Å². The maximum Gasteiger partial charge on any atom is 0.302 e. The van der Waals surface area contributed by atoms with E-state index in [0.29, 0.717) is 5.92 Å². The molecular weight excluding hydrogens is 140 g/mol. The van der Waals surface area contributed by atoms with Gasteiger partial charge in [0, 0.05) is 6.92 Å². The van der Waals surface area contributed by atoms with E-state index in [2.05, 4.69) is 13.8 Å². The third kappa shape index (κ3) is 4.02. The molecule has 0 radical (unpaired) electrons. The summed E-state index contributed by atoms with van der Waals surface area (Å²) in [6.07, 6.45) is 2.08. The minimum atomic E-state index is -0.169. The van der Waals surface area contributed by atoms with Crippen LogP contribution in [0.4, 0.5) is 0 Å². The van der Waals surface area contributed by atoms with Gasteiger partial charge in [-0.1, -0.05) is 27.2 Å². The van der Waals surface area contributed by atoms with Crippen molar-refractivity contribution in [2.75, 3.05) is 0 Å². The molecular formula is C9H18O2. The maximum atomic E-state index is 10.6. The third-order valence-corrected chi connectivity index (χ3v) is 2.00. The minimum Gasteiger partial charge on any atom is -0.462 e. The first-order valence-electron chi connectivity index (χ1n) is 4.29. The minimum absolute atomic E-state index is 0.109. The fourth-order valence-electron chi connectivity index (χ4n) is 1.08. The van der Waals surface area contributed by atoms with Crippen LogP contribution >= 0.6 is 0 Å². The van der Waals surface area contributed by atoms with E-state index >= 15 is 0 Å². The zero-order chi connectivity index (χ0) is 8.85. The number of carbonyl (C=O) groups excluding carboxylic acids is 1. The predicted molar refractivity (Wildman–Crippen MR) is 45.3 cm³/mol.